The SMILES string of the molecule is O=C(CSCC(=O)N1CCN(CC(=O)N2CCCCC2)CC1)N1CCOCC1. The molecule has 0 aromatic heterocycles. The van der Waals surface area contributed by atoms with Crippen LogP contribution in [0.3, 0.4) is 0 Å². The highest BCUT2D eigenvalue weighted by molar-refractivity contribution is 8.00. The van der Waals surface area contributed by atoms with Crippen molar-refractivity contribution in [1.29, 1.82) is 0 Å². The summed E-state index contributed by atoms with van der Waals surface area (Å²) in [7, 11) is 0. The van der Waals surface area contributed by atoms with E-state index < -0.39 is 0 Å². The summed E-state index contributed by atoms with van der Waals surface area (Å²) in [5, 5.41) is 0. The first-order valence-electron chi connectivity index (χ1n) is 10.3. The largest absolute Gasteiger partial charge is 0.378 e. The van der Waals surface area contributed by atoms with Crippen LogP contribution < -0.4 is 0 Å². The Morgan fingerprint density at radius 1 is 0.643 bits per heavy atom. The van der Waals surface area contributed by atoms with Crippen molar-refractivity contribution in [3.8, 4) is 0 Å². The van der Waals surface area contributed by atoms with Crippen molar-refractivity contribution in [3.05, 3.63) is 0 Å². The number of carbonyl (C=O) groups is 3. The van der Waals surface area contributed by atoms with E-state index in [9.17, 15) is 14.4 Å². The first kappa shape index (κ1) is 21.4. The molecule has 8 nitrogen and oxygen atoms in total. The van der Waals surface area contributed by atoms with E-state index in [1.165, 1.54) is 18.2 Å². The number of ether oxygens (including phenoxy) is 1. The van der Waals surface area contributed by atoms with Gasteiger partial charge in [-0.1, -0.05) is 0 Å². The van der Waals surface area contributed by atoms with Crippen molar-refractivity contribution >= 4 is 29.5 Å². The Hall–Kier alpha value is -1.32. The molecule has 0 aromatic carbocycles. The van der Waals surface area contributed by atoms with E-state index in [4.69, 9.17) is 4.74 Å². The molecule has 0 aromatic rings. The third-order valence-electron chi connectivity index (χ3n) is 5.61. The quantitative estimate of drug-likeness (QED) is 0.598. The minimum absolute atomic E-state index is 0.0850. The summed E-state index contributed by atoms with van der Waals surface area (Å²) in [6.07, 6.45) is 3.44. The molecule has 3 aliphatic rings. The van der Waals surface area contributed by atoms with Crippen molar-refractivity contribution < 1.29 is 19.1 Å². The summed E-state index contributed by atoms with van der Waals surface area (Å²) in [5.41, 5.74) is 0. The van der Waals surface area contributed by atoms with Crippen LogP contribution in [-0.4, -0.2) is 121 Å². The average Bonchev–Trinajstić information content (AvgIpc) is 2.75. The highest BCUT2D eigenvalue weighted by Gasteiger charge is 2.25. The number of hydrogen-bond acceptors (Lipinski definition) is 6. The van der Waals surface area contributed by atoms with Gasteiger partial charge in [-0.05, 0) is 19.3 Å². The lowest BCUT2D eigenvalue weighted by Gasteiger charge is -2.36. The fourth-order valence-electron chi connectivity index (χ4n) is 3.81. The molecule has 0 bridgehead atoms. The second-order valence-corrected chi connectivity index (χ2v) is 8.57. The fourth-order valence-corrected chi connectivity index (χ4v) is 4.63. The standard InChI is InChI=1S/C19H32N4O4S/c24-17(21-4-2-1-3-5-21)14-20-6-8-22(9-7-20)18(25)15-28-16-19(26)23-10-12-27-13-11-23/h1-16H2. The lowest BCUT2D eigenvalue weighted by atomic mass is 10.1. The number of hydrogen-bond donors (Lipinski definition) is 0. The van der Waals surface area contributed by atoms with Gasteiger partial charge in [0.1, 0.15) is 0 Å². The Morgan fingerprint density at radius 2 is 1.18 bits per heavy atom. The number of nitrogens with zero attached hydrogens (tertiary/aromatic N) is 4. The van der Waals surface area contributed by atoms with Crippen molar-refractivity contribution in [2.24, 2.45) is 0 Å². The topological polar surface area (TPSA) is 73.4 Å². The van der Waals surface area contributed by atoms with Crippen LogP contribution in [0.4, 0.5) is 0 Å². The fraction of sp³-hybridized carbons (Fsp3) is 0.842. The number of piperazine rings is 1. The first-order valence-corrected chi connectivity index (χ1v) is 11.5. The van der Waals surface area contributed by atoms with Gasteiger partial charge < -0.3 is 19.4 Å². The van der Waals surface area contributed by atoms with Gasteiger partial charge in [0.2, 0.25) is 17.7 Å². The van der Waals surface area contributed by atoms with E-state index in [-0.39, 0.29) is 17.7 Å². The predicted octanol–water partition coefficient (Wildman–Crippen LogP) is -0.265. The zero-order chi connectivity index (χ0) is 19.8. The molecule has 0 saturated carbocycles. The molecule has 9 heteroatoms. The molecule has 3 heterocycles. The average molecular weight is 413 g/mol. The molecule has 3 aliphatic heterocycles. The molecule has 158 valence electrons. The number of likely N-dealkylation sites (tertiary alicyclic amines) is 1. The zero-order valence-electron chi connectivity index (χ0n) is 16.6. The van der Waals surface area contributed by atoms with E-state index in [0.29, 0.717) is 57.4 Å². The highest BCUT2D eigenvalue weighted by atomic mass is 32.2. The molecule has 3 saturated heterocycles. The van der Waals surface area contributed by atoms with E-state index in [2.05, 4.69) is 4.90 Å². The minimum Gasteiger partial charge on any atom is -0.378 e. The summed E-state index contributed by atoms with van der Waals surface area (Å²) in [6, 6.07) is 0. The number of rotatable bonds is 6. The predicted molar refractivity (Wildman–Crippen MR) is 108 cm³/mol. The Bertz CT molecular complexity index is 542. The van der Waals surface area contributed by atoms with Gasteiger partial charge in [-0.3, -0.25) is 19.3 Å². The van der Waals surface area contributed by atoms with E-state index in [1.807, 2.05) is 9.80 Å². The molecule has 0 atom stereocenters. The molecule has 0 spiro atoms. The lowest BCUT2D eigenvalue weighted by molar-refractivity contribution is -0.135. The van der Waals surface area contributed by atoms with Gasteiger partial charge in [0.15, 0.2) is 0 Å². The van der Waals surface area contributed by atoms with Gasteiger partial charge in [-0.15, -0.1) is 11.8 Å². The Morgan fingerprint density at radius 3 is 1.79 bits per heavy atom. The molecule has 0 radical (unpaired) electrons. The normalized spacial score (nSPS) is 21.6. The zero-order valence-corrected chi connectivity index (χ0v) is 17.5. The number of morpholine rings is 1. The Balaban J connectivity index is 1.30. The van der Waals surface area contributed by atoms with Gasteiger partial charge >= 0.3 is 0 Å². The molecule has 3 fully saturated rings. The van der Waals surface area contributed by atoms with Crippen LogP contribution in [0.5, 0.6) is 0 Å². The van der Waals surface area contributed by atoms with Crippen LogP contribution in [-0.2, 0) is 19.1 Å². The van der Waals surface area contributed by atoms with E-state index in [1.54, 1.807) is 4.90 Å². The second kappa shape index (κ2) is 11.0. The smallest absolute Gasteiger partial charge is 0.236 e. The van der Waals surface area contributed by atoms with E-state index >= 15 is 0 Å². The van der Waals surface area contributed by atoms with Crippen molar-refractivity contribution in [2.75, 3.05) is 83.6 Å². The van der Waals surface area contributed by atoms with Crippen LogP contribution in [0.25, 0.3) is 0 Å². The first-order chi connectivity index (χ1) is 13.6. The monoisotopic (exact) mass is 412 g/mol. The van der Waals surface area contributed by atoms with E-state index in [0.717, 1.165) is 39.0 Å². The van der Waals surface area contributed by atoms with Crippen LogP contribution >= 0.6 is 11.8 Å². The molecule has 0 N–H and O–H groups in total. The van der Waals surface area contributed by atoms with Crippen LogP contribution in [0.2, 0.25) is 0 Å². The number of carbonyl (C=O) groups excluding carboxylic acids is 3. The Labute approximate surface area is 171 Å². The molecule has 0 unspecified atom stereocenters. The second-order valence-electron chi connectivity index (χ2n) is 7.58. The summed E-state index contributed by atoms with van der Waals surface area (Å²) in [4.78, 5) is 44.7. The minimum atomic E-state index is 0.0850. The maximum atomic E-state index is 12.4. The third kappa shape index (κ3) is 6.35. The highest BCUT2D eigenvalue weighted by Crippen LogP contribution is 2.11. The van der Waals surface area contributed by atoms with Gasteiger partial charge in [-0.25, -0.2) is 0 Å². The summed E-state index contributed by atoms with van der Waals surface area (Å²) in [5.74, 6) is 1.07. The molecule has 0 aliphatic carbocycles. The van der Waals surface area contributed by atoms with Crippen LogP contribution in [0.1, 0.15) is 19.3 Å². The number of thioether (sulfide) groups is 1. The Kier molecular flexibility index (Phi) is 8.42. The molecule has 28 heavy (non-hydrogen) atoms. The van der Waals surface area contributed by atoms with Crippen molar-refractivity contribution in [2.45, 2.75) is 19.3 Å². The van der Waals surface area contributed by atoms with Crippen molar-refractivity contribution in [1.82, 2.24) is 19.6 Å². The van der Waals surface area contributed by atoms with Crippen molar-refractivity contribution in [3.63, 3.8) is 0 Å². The van der Waals surface area contributed by atoms with Gasteiger partial charge in [0.05, 0.1) is 31.3 Å². The van der Waals surface area contributed by atoms with Crippen LogP contribution in [0.15, 0.2) is 0 Å². The van der Waals surface area contributed by atoms with Gasteiger partial charge in [0, 0.05) is 52.4 Å². The summed E-state index contributed by atoms with van der Waals surface area (Å²) < 4.78 is 5.25. The summed E-state index contributed by atoms with van der Waals surface area (Å²) in [6.45, 7) is 7.51. The number of amides is 3. The molecule has 3 rings (SSSR count). The maximum Gasteiger partial charge on any atom is 0.236 e. The lowest BCUT2D eigenvalue weighted by Crippen LogP contribution is -2.52. The number of piperidine rings is 1. The maximum absolute atomic E-state index is 12.4. The van der Waals surface area contributed by atoms with Gasteiger partial charge in [0.25, 0.3) is 0 Å². The third-order valence-corrected chi connectivity index (χ3v) is 6.51. The van der Waals surface area contributed by atoms with Crippen LogP contribution in [0, 0.1) is 0 Å². The van der Waals surface area contributed by atoms with Gasteiger partial charge in [-0.2, -0.15) is 0 Å². The summed E-state index contributed by atoms with van der Waals surface area (Å²) >= 11 is 1.39. The molecular weight excluding hydrogens is 380 g/mol. The molecule has 3 amide bonds. The molecular formula is C19H32N4O4S.